The Morgan fingerprint density at radius 3 is 2.36 bits per heavy atom. The van der Waals surface area contributed by atoms with Crippen molar-refractivity contribution in [2.24, 2.45) is 0 Å². The SMILES string of the molecule is COc1cccc(COc2ccc3cccc(OCc4ccccc4)c3n2)c1. The minimum Gasteiger partial charge on any atom is -0.497 e. The van der Waals surface area contributed by atoms with Gasteiger partial charge in [0.05, 0.1) is 7.11 Å². The van der Waals surface area contributed by atoms with Crippen molar-refractivity contribution in [2.75, 3.05) is 7.11 Å². The van der Waals surface area contributed by atoms with E-state index in [2.05, 4.69) is 4.98 Å². The first-order valence-electron chi connectivity index (χ1n) is 9.14. The van der Waals surface area contributed by atoms with Crippen molar-refractivity contribution < 1.29 is 14.2 Å². The van der Waals surface area contributed by atoms with Gasteiger partial charge >= 0.3 is 0 Å². The lowest BCUT2D eigenvalue weighted by atomic mass is 10.2. The lowest BCUT2D eigenvalue weighted by molar-refractivity contribution is 0.292. The van der Waals surface area contributed by atoms with E-state index in [-0.39, 0.29) is 0 Å². The van der Waals surface area contributed by atoms with Crippen molar-refractivity contribution in [3.8, 4) is 17.4 Å². The molecule has 0 saturated carbocycles. The molecule has 0 aliphatic heterocycles. The van der Waals surface area contributed by atoms with E-state index in [9.17, 15) is 0 Å². The summed E-state index contributed by atoms with van der Waals surface area (Å²) in [5.74, 6) is 2.11. The van der Waals surface area contributed by atoms with Gasteiger partial charge in [0.15, 0.2) is 0 Å². The number of pyridine rings is 1. The predicted octanol–water partition coefficient (Wildman–Crippen LogP) is 5.40. The summed E-state index contributed by atoms with van der Waals surface area (Å²) >= 11 is 0. The normalized spacial score (nSPS) is 10.6. The minimum absolute atomic E-state index is 0.419. The molecule has 0 atom stereocenters. The summed E-state index contributed by atoms with van der Waals surface area (Å²) in [6.45, 7) is 0.916. The van der Waals surface area contributed by atoms with E-state index < -0.39 is 0 Å². The van der Waals surface area contributed by atoms with Crippen LogP contribution in [-0.2, 0) is 13.2 Å². The average molecular weight is 371 g/mol. The van der Waals surface area contributed by atoms with Crippen LogP contribution in [0, 0.1) is 0 Å². The number of benzene rings is 3. The van der Waals surface area contributed by atoms with Gasteiger partial charge < -0.3 is 14.2 Å². The number of nitrogens with zero attached hydrogens (tertiary/aromatic N) is 1. The zero-order chi connectivity index (χ0) is 19.2. The summed E-state index contributed by atoms with van der Waals surface area (Å²) in [6.07, 6.45) is 0. The summed E-state index contributed by atoms with van der Waals surface area (Å²) in [7, 11) is 1.65. The van der Waals surface area contributed by atoms with E-state index in [0.29, 0.717) is 19.1 Å². The lowest BCUT2D eigenvalue weighted by Crippen LogP contribution is -1.99. The number of hydrogen-bond donors (Lipinski definition) is 0. The Balaban J connectivity index is 1.52. The summed E-state index contributed by atoms with van der Waals surface area (Å²) < 4.78 is 17.2. The molecule has 0 aliphatic carbocycles. The van der Waals surface area contributed by atoms with Crippen LogP contribution in [-0.4, -0.2) is 12.1 Å². The summed E-state index contributed by atoms with van der Waals surface area (Å²) in [6, 6.07) is 27.7. The zero-order valence-corrected chi connectivity index (χ0v) is 15.7. The molecule has 3 aromatic carbocycles. The van der Waals surface area contributed by atoms with Crippen LogP contribution in [0.5, 0.6) is 17.4 Å². The topological polar surface area (TPSA) is 40.6 Å². The monoisotopic (exact) mass is 371 g/mol. The van der Waals surface area contributed by atoms with Gasteiger partial charge in [0.1, 0.15) is 30.2 Å². The molecule has 4 heteroatoms. The minimum atomic E-state index is 0.419. The molecule has 0 bridgehead atoms. The van der Waals surface area contributed by atoms with E-state index in [0.717, 1.165) is 33.5 Å². The lowest BCUT2D eigenvalue weighted by Gasteiger charge is -2.11. The Morgan fingerprint density at radius 1 is 0.714 bits per heavy atom. The number of hydrogen-bond acceptors (Lipinski definition) is 4. The van der Waals surface area contributed by atoms with Crippen LogP contribution in [0.4, 0.5) is 0 Å². The Labute approximate surface area is 164 Å². The molecule has 140 valence electrons. The number of rotatable bonds is 7. The Hall–Kier alpha value is -3.53. The van der Waals surface area contributed by atoms with Crippen molar-refractivity contribution in [2.45, 2.75) is 13.2 Å². The maximum atomic E-state index is 6.02. The standard InChI is InChI=1S/C24H21NO3/c1-26-21-11-5-9-19(15-21)17-28-23-14-13-20-10-6-12-22(24(20)25-23)27-16-18-7-3-2-4-8-18/h2-15H,16-17H2,1H3. The van der Waals surface area contributed by atoms with Crippen LogP contribution in [0.2, 0.25) is 0 Å². The molecule has 0 fully saturated rings. The zero-order valence-electron chi connectivity index (χ0n) is 15.7. The van der Waals surface area contributed by atoms with E-state index >= 15 is 0 Å². The van der Waals surface area contributed by atoms with Gasteiger partial charge in [-0.3, -0.25) is 0 Å². The van der Waals surface area contributed by atoms with Crippen molar-refractivity contribution in [1.82, 2.24) is 4.98 Å². The Kier molecular flexibility index (Phi) is 5.38. The summed E-state index contributed by atoms with van der Waals surface area (Å²) in [4.78, 5) is 4.67. The van der Waals surface area contributed by atoms with Crippen molar-refractivity contribution in [3.63, 3.8) is 0 Å². The van der Waals surface area contributed by atoms with E-state index in [4.69, 9.17) is 14.2 Å². The first-order valence-corrected chi connectivity index (χ1v) is 9.14. The van der Waals surface area contributed by atoms with Crippen molar-refractivity contribution >= 4 is 10.9 Å². The number of para-hydroxylation sites is 1. The van der Waals surface area contributed by atoms with Gasteiger partial charge in [-0.05, 0) is 35.4 Å². The summed E-state index contributed by atoms with van der Waals surface area (Å²) in [5.41, 5.74) is 2.93. The molecule has 1 aromatic heterocycles. The van der Waals surface area contributed by atoms with Crippen LogP contribution in [0.25, 0.3) is 10.9 Å². The van der Waals surface area contributed by atoms with Gasteiger partial charge in [-0.1, -0.05) is 54.6 Å². The largest absolute Gasteiger partial charge is 0.497 e. The molecule has 4 nitrogen and oxygen atoms in total. The molecule has 0 radical (unpaired) electrons. The van der Waals surface area contributed by atoms with Gasteiger partial charge in [0, 0.05) is 11.5 Å². The Morgan fingerprint density at radius 2 is 1.50 bits per heavy atom. The van der Waals surface area contributed by atoms with Crippen molar-refractivity contribution in [3.05, 3.63) is 96.1 Å². The highest BCUT2D eigenvalue weighted by Gasteiger charge is 2.07. The fourth-order valence-electron chi connectivity index (χ4n) is 2.95. The maximum Gasteiger partial charge on any atom is 0.214 e. The highest BCUT2D eigenvalue weighted by molar-refractivity contribution is 5.84. The van der Waals surface area contributed by atoms with Crippen LogP contribution < -0.4 is 14.2 Å². The predicted molar refractivity (Wildman–Crippen MR) is 110 cm³/mol. The van der Waals surface area contributed by atoms with Crippen LogP contribution in [0.15, 0.2) is 84.9 Å². The molecule has 0 N–H and O–H groups in total. The summed E-state index contributed by atoms with van der Waals surface area (Å²) in [5, 5.41) is 1.01. The molecule has 28 heavy (non-hydrogen) atoms. The third-order valence-electron chi connectivity index (χ3n) is 4.42. The average Bonchev–Trinajstić information content (AvgIpc) is 2.77. The van der Waals surface area contributed by atoms with Crippen LogP contribution in [0.1, 0.15) is 11.1 Å². The second-order valence-corrected chi connectivity index (χ2v) is 6.39. The molecule has 4 rings (SSSR count). The maximum absolute atomic E-state index is 6.02. The fourth-order valence-corrected chi connectivity index (χ4v) is 2.95. The van der Waals surface area contributed by atoms with Crippen LogP contribution in [0.3, 0.4) is 0 Å². The molecule has 0 aliphatic rings. The molecule has 0 spiro atoms. The molecule has 0 saturated heterocycles. The second-order valence-electron chi connectivity index (χ2n) is 6.39. The second kappa shape index (κ2) is 8.44. The van der Waals surface area contributed by atoms with E-state index in [1.54, 1.807) is 7.11 Å². The van der Waals surface area contributed by atoms with Crippen LogP contribution >= 0.6 is 0 Å². The third kappa shape index (κ3) is 4.23. The molecule has 0 unspecified atom stereocenters. The van der Waals surface area contributed by atoms with Gasteiger partial charge in [-0.15, -0.1) is 0 Å². The first-order chi connectivity index (χ1) is 13.8. The number of fused-ring (bicyclic) bond motifs is 1. The number of methoxy groups -OCH3 is 1. The molecule has 0 amide bonds. The first kappa shape index (κ1) is 17.9. The highest BCUT2D eigenvalue weighted by atomic mass is 16.5. The number of aromatic nitrogens is 1. The number of ether oxygens (including phenoxy) is 3. The fraction of sp³-hybridized carbons (Fsp3) is 0.125. The van der Waals surface area contributed by atoms with E-state index in [1.807, 2.05) is 84.9 Å². The van der Waals surface area contributed by atoms with Gasteiger partial charge in [-0.25, -0.2) is 4.98 Å². The molecule has 1 heterocycles. The Bertz CT molecular complexity index is 1060. The molecular formula is C24H21NO3. The van der Waals surface area contributed by atoms with Gasteiger partial charge in [-0.2, -0.15) is 0 Å². The van der Waals surface area contributed by atoms with Gasteiger partial charge in [0.2, 0.25) is 5.88 Å². The quantitative estimate of drug-likeness (QED) is 0.436. The van der Waals surface area contributed by atoms with Crippen molar-refractivity contribution in [1.29, 1.82) is 0 Å². The smallest absolute Gasteiger partial charge is 0.214 e. The third-order valence-corrected chi connectivity index (χ3v) is 4.42. The molecular weight excluding hydrogens is 350 g/mol. The van der Waals surface area contributed by atoms with E-state index in [1.165, 1.54) is 0 Å². The molecule has 4 aromatic rings. The van der Waals surface area contributed by atoms with Gasteiger partial charge in [0.25, 0.3) is 0 Å². The highest BCUT2D eigenvalue weighted by Crippen LogP contribution is 2.27.